The maximum atomic E-state index is 12.3. The number of para-hydroxylation sites is 1. The highest BCUT2D eigenvalue weighted by molar-refractivity contribution is 7.09. The Morgan fingerprint density at radius 2 is 2.33 bits per heavy atom. The quantitative estimate of drug-likeness (QED) is 0.875. The van der Waals surface area contributed by atoms with Crippen LogP contribution < -0.4 is 14.8 Å². The van der Waals surface area contributed by atoms with Crippen molar-refractivity contribution in [2.24, 2.45) is 0 Å². The van der Waals surface area contributed by atoms with E-state index in [1.807, 2.05) is 43.5 Å². The number of benzene rings is 1. The molecule has 1 N–H and O–H groups in total. The molecule has 24 heavy (non-hydrogen) atoms. The Morgan fingerprint density at radius 1 is 1.46 bits per heavy atom. The van der Waals surface area contributed by atoms with Gasteiger partial charge >= 0.3 is 0 Å². The van der Waals surface area contributed by atoms with Gasteiger partial charge in [0, 0.05) is 23.9 Å². The molecule has 1 aromatic heterocycles. The average Bonchev–Trinajstić information content (AvgIpc) is 3.00. The third-order valence-electron chi connectivity index (χ3n) is 3.64. The SMILES string of the molecule is CCOc1cccc2c1OCC(C(=O)NCCc1csc(C)n1)=C2. The molecular weight excluding hydrogens is 324 g/mol. The molecule has 0 radical (unpaired) electrons. The molecule has 0 fully saturated rings. The minimum Gasteiger partial charge on any atom is -0.490 e. The molecule has 1 aromatic carbocycles. The van der Waals surface area contributed by atoms with Crippen LogP contribution in [0.4, 0.5) is 0 Å². The molecule has 1 amide bonds. The molecule has 0 bridgehead atoms. The zero-order valence-electron chi connectivity index (χ0n) is 13.8. The van der Waals surface area contributed by atoms with Gasteiger partial charge < -0.3 is 14.8 Å². The van der Waals surface area contributed by atoms with E-state index in [0.717, 1.165) is 22.7 Å². The predicted octanol–water partition coefficient (Wildman–Crippen LogP) is 2.98. The van der Waals surface area contributed by atoms with Crippen LogP contribution in [0.25, 0.3) is 6.08 Å². The van der Waals surface area contributed by atoms with E-state index >= 15 is 0 Å². The van der Waals surface area contributed by atoms with Crippen molar-refractivity contribution in [3.05, 3.63) is 45.4 Å². The normalized spacial score (nSPS) is 12.8. The first-order chi connectivity index (χ1) is 11.7. The Morgan fingerprint density at radius 3 is 3.08 bits per heavy atom. The maximum Gasteiger partial charge on any atom is 0.250 e. The largest absolute Gasteiger partial charge is 0.490 e. The number of fused-ring (bicyclic) bond motifs is 1. The summed E-state index contributed by atoms with van der Waals surface area (Å²) < 4.78 is 11.3. The molecule has 1 aliphatic rings. The molecule has 0 saturated carbocycles. The van der Waals surface area contributed by atoms with Crippen LogP contribution in [0, 0.1) is 6.92 Å². The van der Waals surface area contributed by atoms with Crippen molar-refractivity contribution in [1.82, 2.24) is 10.3 Å². The number of aryl methyl sites for hydroxylation is 1. The summed E-state index contributed by atoms with van der Waals surface area (Å²) in [5.41, 5.74) is 2.50. The van der Waals surface area contributed by atoms with E-state index in [1.54, 1.807) is 11.3 Å². The molecule has 0 saturated heterocycles. The van der Waals surface area contributed by atoms with Gasteiger partial charge in [-0.05, 0) is 26.0 Å². The second-order valence-corrected chi connectivity index (χ2v) is 6.49. The van der Waals surface area contributed by atoms with Crippen LogP contribution in [0.2, 0.25) is 0 Å². The lowest BCUT2D eigenvalue weighted by Crippen LogP contribution is -2.30. The van der Waals surface area contributed by atoms with Gasteiger partial charge in [-0.3, -0.25) is 4.79 Å². The van der Waals surface area contributed by atoms with Gasteiger partial charge in [-0.25, -0.2) is 4.98 Å². The molecule has 5 nitrogen and oxygen atoms in total. The molecule has 1 aliphatic heterocycles. The van der Waals surface area contributed by atoms with E-state index in [0.29, 0.717) is 30.2 Å². The highest BCUT2D eigenvalue weighted by Crippen LogP contribution is 2.35. The van der Waals surface area contributed by atoms with Crippen molar-refractivity contribution < 1.29 is 14.3 Å². The van der Waals surface area contributed by atoms with Gasteiger partial charge in [-0.1, -0.05) is 12.1 Å². The number of nitrogens with one attached hydrogen (secondary N) is 1. The Balaban J connectivity index is 1.62. The maximum absolute atomic E-state index is 12.3. The summed E-state index contributed by atoms with van der Waals surface area (Å²) in [6.07, 6.45) is 2.60. The molecule has 126 valence electrons. The van der Waals surface area contributed by atoms with E-state index in [1.165, 1.54) is 0 Å². The number of amides is 1. The fourth-order valence-corrected chi connectivity index (χ4v) is 3.17. The molecule has 6 heteroatoms. The van der Waals surface area contributed by atoms with Crippen LogP contribution in [-0.4, -0.2) is 30.6 Å². The molecule has 0 atom stereocenters. The molecular formula is C18H20N2O3S. The van der Waals surface area contributed by atoms with Gasteiger partial charge in [0.2, 0.25) is 0 Å². The van der Waals surface area contributed by atoms with Crippen LogP contribution in [-0.2, 0) is 11.2 Å². The highest BCUT2D eigenvalue weighted by atomic mass is 32.1. The third-order valence-corrected chi connectivity index (χ3v) is 4.46. The molecule has 2 heterocycles. The summed E-state index contributed by atoms with van der Waals surface area (Å²) in [4.78, 5) is 16.7. The number of carbonyl (C=O) groups excluding carboxylic acids is 1. The van der Waals surface area contributed by atoms with Gasteiger partial charge in [0.25, 0.3) is 5.91 Å². The van der Waals surface area contributed by atoms with Crippen molar-refractivity contribution in [3.63, 3.8) is 0 Å². The average molecular weight is 344 g/mol. The molecule has 3 rings (SSSR count). The zero-order valence-corrected chi connectivity index (χ0v) is 14.6. The first-order valence-corrected chi connectivity index (χ1v) is 8.83. The number of carbonyl (C=O) groups is 1. The summed E-state index contributed by atoms with van der Waals surface area (Å²) >= 11 is 1.62. The van der Waals surface area contributed by atoms with Crippen molar-refractivity contribution in [2.45, 2.75) is 20.3 Å². The second-order valence-electron chi connectivity index (χ2n) is 5.43. The summed E-state index contributed by atoms with van der Waals surface area (Å²) in [5.74, 6) is 1.31. The Bertz CT molecular complexity index is 767. The van der Waals surface area contributed by atoms with E-state index in [2.05, 4.69) is 10.3 Å². The van der Waals surface area contributed by atoms with E-state index in [9.17, 15) is 4.79 Å². The molecule has 0 spiro atoms. The van der Waals surface area contributed by atoms with Crippen LogP contribution in [0.1, 0.15) is 23.2 Å². The number of ether oxygens (including phenoxy) is 2. The number of hydrogen-bond donors (Lipinski definition) is 1. The lowest BCUT2D eigenvalue weighted by molar-refractivity contribution is -0.117. The highest BCUT2D eigenvalue weighted by Gasteiger charge is 2.20. The number of nitrogens with zero attached hydrogens (tertiary/aromatic N) is 1. The minimum absolute atomic E-state index is 0.102. The summed E-state index contributed by atoms with van der Waals surface area (Å²) in [6, 6.07) is 5.69. The second kappa shape index (κ2) is 7.49. The molecule has 0 aliphatic carbocycles. The fourth-order valence-electron chi connectivity index (χ4n) is 2.52. The van der Waals surface area contributed by atoms with Crippen molar-refractivity contribution >= 4 is 23.3 Å². The van der Waals surface area contributed by atoms with Crippen molar-refractivity contribution in [2.75, 3.05) is 19.8 Å². The smallest absolute Gasteiger partial charge is 0.250 e. The Kier molecular flexibility index (Phi) is 5.15. The lowest BCUT2D eigenvalue weighted by Gasteiger charge is -2.20. The Hall–Kier alpha value is -2.34. The van der Waals surface area contributed by atoms with E-state index in [-0.39, 0.29) is 12.5 Å². The standard InChI is InChI=1S/C18H20N2O3S/c1-3-22-16-6-4-5-13-9-14(10-23-17(13)16)18(21)19-8-7-15-11-24-12(2)20-15/h4-6,9,11H,3,7-8,10H2,1-2H3,(H,19,21). The van der Waals surface area contributed by atoms with E-state index in [4.69, 9.17) is 9.47 Å². The lowest BCUT2D eigenvalue weighted by atomic mass is 10.1. The number of aromatic nitrogens is 1. The zero-order chi connectivity index (χ0) is 16.9. The van der Waals surface area contributed by atoms with Gasteiger partial charge in [0.05, 0.1) is 22.9 Å². The monoisotopic (exact) mass is 344 g/mol. The van der Waals surface area contributed by atoms with Crippen LogP contribution >= 0.6 is 11.3 Å². The van der Waals surface area contributed by atoms with Crippen LogP contribution in [0.15, 0.2) is 29.2 Å². The predicted molar refractivity (Wildman–Crippen MR) is 94.6 cm³/mol. The molecule has 2 aromatic rings. The van der Waals surface area contributed by atoms with Gasteiger partial charge in [0.1, 0.15) is 6.61 Å². The summed E-state index contributed by atoms with van der Waals surface area (Å²) in [6.45, 7) is 5.29. The van der Waals surface area contributed by atoms with Crippen molar-refractivity contribution in [1.29, 1.82) is 0 Å². The molecule has 0 unspecified atom stereocenters. The minimum atomic E-state index is -0.102. The van der Waals surface area contributed by atoms with Gasteiger partial charge in [-0.15, -0.1) is 11.3 Å². The number of hydrogen-bond acceptors (Lipinski definition) is 5. The van der Waals surface area contributed by atoms with Crippen LogP contribution in [0.5, 0.6) is 11.5 Å². The van der Waals surface area contributed by atoms with Gasteiger partial charge in [-0.2, -0.15) is 0 Å². The van der Waals surface area contributed by atoms with Crippen LogP contribution in [0.3, 0.4) is 0 Å². The first-order valence-electron chi connectivity index (χ1n) is 7.95. The first kappa shape index (κ1) is 16.5. The number of rotatable bonds is 6. The summed E-state index contributed by atoms with van der Waals surface area (Å²) in [5, 5.41) is 5.99. The fraction of sp³-hybridized carbons (Fsp3) is 0.333. The Labute approximate surface area is 145 Å². The van der Waals surface area contributed by atoms with E-state index < -0.39 is 0 Å². The van der Waals surface area contributed by atoms with Crippen molar-refractivity contribution in [3.8, 4) is 11.5 Å². The third kappa shape index (κ3) is 3.76. The van der Waals surface area contributed by atoms with Gasteiger partial charge in [0.15, 0.2) is 11.5 Å². The summed E-state index contributed by atoms with van der Waals surface area (Å²) in [7, 11) is 0. The number of thiazole rings is 1. The topological polar surface area (TPSA) is 60.5 Å².